The lowest BCUT2D eigenvalue weighted by molar-refractivity contribution is -0.157. The summed E-state index contributed by atoms with van der Waals surface area (Å²) in [6.45, 7) is 14.5. The molecule has 0 saturated carbocycles. The number of hydrogen-bond donors (Lipinski definition) is 0. The smallest absolute Gasteiger partial charge is 0.410 e. The predicted octanol–water partition coefficient (Wildman–Crippen LogP) is 18.8. The number of unbranched alkanes of at least 4 members (excludes halogenated alkanes) is 28. The van der Waals surface area contributed by atoms with Gasteiger partial charge in [-0.25, -0.2) is 9.59 Å². The van der Waals surface area contributed by atoms with Crippen LogP contribution in [0.2, 0.25) is 0 Å². The largest absolute Gasteiger partial charge is 0.462 e. The molecule has 0 aliphatic rings. The van der Waals surface area contributed by atoms with Gasteiger partial charge in [-0.3, -0.25) is 9.69 Å². The Labute approximate surface area is 410 Å². The van der Waals surface area contributed by atoms with Crippen LogP contribution in [-0.4, -0.2) is 53.8 Å². The Balaban J connectivity index is 5.62. The molecule has 7 heteroatoms. The van der Waals surface area contributed by atoms with E-state index in [0.29, 0.717) is 0 Å². The zero-order chi connectivity index (χ0) is 48.8. The first-order chi connectivity index (χ1) is 32.0. The Bertz CT molecular complexity index is 1160. The SMILES string of the molecule is CCCCC/C=C\CCC(CCCCCCCCCCCCCC)OC(=O)CC[C@@H](C(=O)OC(CC/C=C\CCCCC)CCCCCCCCCCCCCC)N(C)C(=O)OC(C)(C)C. The number of hydrogen-bond acceptors (Lipinski definition) is 6. The third-order valence-corrected chi connectivity index (χ3v) is 13.0. The molecule has 0 aromatic rings. The van der Waals surface area contributed by atoms with E-state index in [4.69, 9.17) is 14.2 Å². The molecule has 1 amide bonds. The van der Waals surface area contributed by atoms with E-state index in [1.54, 1.807) is 7.05 Å². The lowest BCUT2D eigenvalue weighted by Gasteiger charge is -2.30. The van der Waals surface area contributed by atoms with Crippen LogP contribution in [0.1, 0.15) is 305 Å². The molecule has 7 nitrogen and oxygen atoms in total. The summed E-state index contributed by atoms with van der Waals surface area (Å²) in [5.74, 6) is -0.782. The zero-order valence-corrected chi connectivity index (χ0v) is 45.2. The van der Waals surface area contributed by atoms with E-state index in [1.807, 2.05) is 20.8 Å². The molecule has 0 aliphatic carbocycles. The van der Waals surface area contributed by atoms with Gasteiger partial charge in [0.25, 0.3) is 0 Å². The summed E-state index contributed by atoms with van der Waals surface area (Å²) in [7, 11) is 1.59. The summed E-state index contributed by atoms with van der Waals surface area (Å²) in [6, 6.07) is -0.956. The molecule has 0 fully saturated rings. The minimum atomic E-state index is -0.956. The summed E-state index contributed by atoms with van der Waals surface area (Å²) in [4.78, 5) is 42.6. The summed E-state index contributed by atoms with van der Waals surface area (Å²) < 4.78 is 18.2. The van der Waals surface area contributed by atoms with Gasteiger partial charge in [0, 0.05) is 13.5 Å². The molecule has 0 heterocycles. The molecule has 3 atom stereocenters. The molecular formula is C59H111NO6. The molecule has 2 unspecified atom stereocenters. The van der Waals surface area contributed by atoms with E-state index in [9.17, 15) is 14.4 Å². The summed E-state index contributed by atoms with van der Waals surface area (Å²) >= 11 is 0. The highest BCUT2D eigenvalue weighted by molar-refractivity contribution is 5.82. The van der Waals surface area contributed by atoms with Crippen LogP contribution in [0.5, 0.6) is 0 Å². The number of ether oxygens (including phenoxy) is 3. The maximum Gasteiger partial charge on any atom is 0.410 e. The van der Waals surface area contributed by atoms with Crippen molar-refractivity contribution in [3.05, 3.63) is 24.3 Å². The Morgan fingerprint density at radius 2 is 0.758 bits per heavy atom. The van der Waals surface area contributed by atoms with Gasteiger partial charge in [-0.05, 0) is 104 Å². The van der Waals surface area contributed by atoms with Crippen LogP contribution < -0.4 is 0 Å². The fourth-order valence-electron chi connectivity index (χ4n) is 8.68. The molecule has 0 saturated heterocycles. The zero-order valence-electron chi connectivity index (χ0n) is 45.2. The maximum atomic E-state index is 14.2. The highest BCUT2D eigenvalue weighted by atomic mass is 16.6. The summed E-state index contributed by atoms with van der Waals surface area (Å²) in [6.07, 6.45) is 53.4. The van der Waals surface area contributed by atoms with Crippen molar-refractivity contribution >= 4 is 18.0 Å². The Hall–Kier alpha value is -2.31. The number of esters is 2. The summed E-state index contributed by atoms with van der Waals surface area (Å²) in [5.41, 5.74) is -0.731. The van der Waals surface area contributed by atoms with Gasteiger partial charge >= 0.3 is 18.0 Å². The third kappa shape index (κ3) is 41.8. The lowest BCUT2D eigenvalue weighted by Crippen LogP contribution is -2.46. The number of rotatable bonds is 47. The van der Waals surface area contributed by atoms with E-state index < -0.39 is 23.7 Å². The van der Waals surface area contributed by atoms with Crippen molar-refractivity contribution in [2.45, 2.75) is 329 Å². The quantitative estimate of drug-likeness (QED) is 0.0262. The van der Waals surface area contributed by atoms with Crippen LogP contribution in [0, 0.1) is 0 Å². The van der Waals surface area contributed by atoms with Crippen molar-refractivity contribution in [1.29, 1.82) is 0 Å². The number of amides is 1. The van der Waals surface area contributed by atoms with Gasteiger partial charge in [0.15, 0.2) is 0 Å². The molecule has 0 rings (SSSR count). The molecule has 0 spiro atoms. The second-order valence-electron chi connectivity index (χ2n) is 20.8. The van der Waals surface area contributed by atoms with Crippen molar-refractivity contribution in [2.24, 2.45) is 0 Å². The number of carbonyl (C=O) groups is 3. The third-order valence-electron chi connectivity index (χ3n) is 13.0. The average molecular weight is 931 g/mol. The van der Waals surface area contributed by atoms with Crippen LogP contribution in [0.3, 0.4) is 0 Å². The molecule has 0 aromatic carbocycles. The topological polar surface area (TPSA) is 82.1 Å². The number of nitrogens with zero attached hydrogens (tertiary/aromatic N) is 1. The number of allylic oxidation sites excluding steroid dienone is 4. The fourth-order valence-corrected chi connectivity index (χ4v) is 8.68. The molecule has 66 heavy (non-hydrogen) atoms. The summed E-state index contributed by atoms with van der Waals surface area (Å²) in [5, 5.41) is 0. The van der Waals surface area contributed by atoms with E-state index in [0.717, 1.165) is 77.0 Å². The second-order valence-corrected chi connectivity index (χ2v) is 20.8. The molecule has 0 radical (unpaired) electrons. The van der Waals surface area contributed by atoms with Gasteiger partial charge in [-0.2, -0.15) is 0 Å². The lowest BCUT2D eigenvalue weighted by atomic mass is 10.0. The Morgan fingerprint density at radius 1 is 0.424 bits per heavy atom. The minimum Gasteiger partial charge on any atom is -0.462 e. The van der Waals surface area contributed by atoms with Gasteiger partial charge in [-0.15, -0.1) is 0 Å². The first-order valence-corrected chi connectivity index (χ1v) is 28.6. The van der Waals surface area contributed by atoms with Crippen molar-refractivity contribution in [3.63, 3.8) is 0 Å². The molecule has 0 bridgehead atoms. The van der Waals surface area contributed by atoms with Crippen molar-refractivity contribution < 1.29 is 28.6 Å². The maximum absolute atomic E-state index is 14.2. The number of carbonyl (C=O) groups excluding carboxylic acids is 3. The Morgan fingerprint density at radius 3 is 1.14 bits per heavy atom. The fraction of sp³-hybridized carbons (Fsp3) is 0.881. The van der Waals surface area contributed by atoms with Crippen LogP contribution in [0.4, 0.5) is 4.79 Å². The molecule has 0 N–H and O–H groups in total. The standard InChI is InChI=1S/C59H111NO6/c1-9-13-17-21-25-27-29-31-33-37-41-44-48-53(47-43-39-35-23-19-15-11-3)64-56(61)52-51-55(60(8)58(63)66-59(5,6)7)57(62)65-54(49-45-40-36-24-20-16-12-4)50-46-42-38-34-32-30-28-26-22-18-14-10-2/h35-36,39-40,53-55H,9-34,37-38,41-52H2,1-8H3/b39-35-,40-36-/t53?,54?,55-/m0/s1. The normalized spacial score (nSPS) is 13.3. The molecule has 0 aliphatic heterocycles. The molecule has 0 aromatic heterocycles. The van der Waals surface area contributed by atoms with E-state index in [1.165, 1.54) is 172 Å². The monoisotopic (exact) mass is 930 g/mol. The first-order valence-electron chi connectivity index (χ1n) is 28.6. The van der Waals surface area contributed by atoms with Gasteiger partial charge in [0.05, 0.1) is 0 Å². The van der Waals surface area contributed by atoms with Crippen molar-refractivity contribution in [1.82, 2.24) is 4.90 Å². The van der Waals surface area contributed by atoms with Crippen molar-refractivity contribution in [3.8, 4) is 0 Å². The van der Waals surface area contributed by atoms with Crippen LogP contribution in [-0.2, 0) is 23.8 Å². The minimum absolute atomic E-state index is 0.0264. The van der Waals surface area contributed by atoms with Gasteiger partial charge in [0.2, 0.25) is 0 Å². The van der Waals surface area contributed by atoms with Crippen LogP contribution in [0.25, 0.3) is 0 Å². The second kappa shape index (κ2) is 46.4. The van der Waals surface area contributed by atoms with Gasteiger partial charge in [0.1, 0.15) is 23.9 Å². The van der Waals surface area contributed by atoms with Crippen LogP contribution >= 0.6 is 0 Å². The van der Waals surface area contributed by atoms with Gasteiger partial charge < -0.3 is 14.2 Å². The van der Waals surface area contributed by atoms with Crippen molar-refractivity contribution in [2.75, 3.05) is 7.05 Å². The highest BCUT2D eigenvalue weighted by Crippen LogP contribution is 2.22. The van der Waals surface area contributed by atoms with E-state index >= 15 is 0 Å². The number of likely N-dealkylation sites (N-methyl/N-ethyl adjacent to an activating group) is 1. The first kappa shape index (κ1) is 63.7. The van der Waals surface area contributed by atoms with E-state index in [-0.39, 0.29) is 31.0 Å². The van der Waals surface area contributed by atoms with E-state index in [2.05, 4.69) is 52.0 Å². The average Bonchev–Trinajstić information content (AvgIpc) is 3.28. The molecular weight excluding hydrogens is 819 g/mol. The molecule has 388 valence electrons. The predicted molar refractivity (Wildman–Crippen MR) is 283 cm³/mol. The Kier molecular flexibility index (Phi) is 44.8. The van der Waals surface area contributed by atoms with Crippen LogP contribution in [0.15, 0.2) is 24.3 Å². The van der Waals surface area contributed by atoms with Gasteiger partial charge in [-0.1, -0.05) is 219 Å². The highest BCUT2D eigenvalue weighted by Gasteiger charge is 2.33.